The molecule has 2 atom stereocenters. The van der Waals surface area contributed by atoms with Gasteiger partial charge in [-0.3, -0.25) is 0 Å². The van der Waals surface area contributed by atoms with Crippen molar-refractivity contribution in [3.8, 4) is 0 Å². The minimum absolute atomic E-state index is 0. The van der Waals surface area contributed by atoms with Gasteiger partial charge in [-0.1, -0.05) is 0 Å². The van der Waals surface area contributed by atoms with E-state index in [4.69, 9.17) is 4.74 Å². The summed E-state index contributed by atoms with van der Waals surface area (Å²) in [7, 11) is 0. The largest absolute Gasteiger partial charge is 0.461 e. The summed E-state index contributed by atoms with van der Waals surface area (Å²) >= 11 is 0. The third kappa shape index (κ3) is 4.17. The Labute approximate surface area is 122 Å². The summed E-state index contributed by atoms with van der Waals surface area (Å²) in [5.41, 5.74) is -1.93. The monoisotopic (exact) mass is 257 g/mol. The fourth-order valence-corrected chi connectivity index (χ4v) is 1.76. The second-order valence-electron chi connectivity index (χ2n) is 4.52. The molecule has 1 fully saturated rings. The first-order valence-corrected chi connectivity index (χ1v) is 5.24. The van der Waals surface area contributed by atoms with Crippen molar-refractivity contribution in [2.24, 2.45) is 0 Å². The molecule has 95 valence electrons. The molecule has 0 heterocycles. The van der Waals surface area contributed by atoms with Gasteiger partial charge in [-0.2, -0.15) is 0 Å². The van der Waals surface area contributed by atoms with Crippen molar-refractivity contribution >= 4 is 35.5 Å². The second-order valence-corrected chi connectivity index (χ2v) is 4.52. The van der Waals surface area contributed by atoms with Crippen molar-refractivity contribution in [1.29, 1.82) is 0 Å². The topological polar surface area (TPSA) is 107 Å². The van der Waals surface area contributed by atoms with E-state index in [1.54, 1.807) is 13.8 Å². The van der Waals surface area contributed by atoms with Crippen molar-refractivity contribution in [3.63, 3.8) is 0 Å². The maximum absolute atomic E-state index is 11.6. The Balaban J connectivity index is 0.00000256. The molecule has 0 bridgehead atoms. The third-order valence-corrected chi connectivity index (χ3v) is 2.60. The molecule has 0 aromatic rings. The summed E-state index contributed by atoms with van der Waals surface area (Å²) in [5, 5.41) is 38.0. The third-order valence-electron chi connectivity index (χ3n) is 2.60. The minimum Gasteiger partial charge on any atom is -0.461 e. The maximum atomic E-state index is 11.6. The summed E-state index contributed by atoms with van der Waals surface area (Å²) in [4.78, 5) is 11.6. The predicted octanol–water partition coefficient (Wildman–Crippen LogP) is -1.84. The SMILES string of the molecule is CC(C)OC(=O)C1(O)C[C@@H](O)C(O)[C@H](O)C1.[Na]. The Morgan fingerprint density at radius 1 is 1.24 bits per heavy atom. The molecule has 0 amide bonds. The van der Waals surface area contributed by atoms with Gasteiger partial charge in [0.15, 0.2) is 5.60 Å². The molecule has 1 saturated carbocycles. The summed E-state index contributed by atoms with van der Waals surface area (Å²) in [5.74, 6) is -0.882. The molecule has 1 aliphatic rings. The number of hydrogen-bond donors (Lipinski definition) is 4. The van der Waals surface area contributed by atoms with Crippen LogP contribution < -0.4 is 0 Å². The van der Waals surface area contributed by atoms with Crippen molar-refractivity contribution in [2.75, 3.05) is 0 Å². The second kappa shape index (κ2) is 6.47. The molecule has 17 heavy (non-hydrogen) atoms. The molecule has 0 spiro atoms. The Hall–Kier alpha value is 0.310. The van der Waals surface area contributed by atoms with Crippen LogP contribution in [0.3, 0.4) is 0 Å². The van der Waals surface area contributed by atoms with Crippen molar-refractivity contribution < 1.29 is 30.0 Å². The van der Waals surface area contributed by atoms with Crippen molar-refractivity contribution in [3.05, 3.63) is 0 Å². The van der Waals surface area contributed by atoms with Crippen LogP contribution in [0, 0.1) is 0 Å². The molecule has 0 saturated heterocycles. The average Bonchev–Trinajstić information content (AvgIpc) is 2.13. The average molecular weight is 257 g/mol. The van der Waals surface area contributed by atoms with E-state index in [2.05, 4.69) is 0 Å². The Morgan fingerprint density at radius 3 is 2.00 bits per heavy atom. The first-order chi connectivity index (χ1) is 7.26. The van der Waals surface area contributed by atoms with Crippen LogP contribution in [0.15, 0.2) is 0 Å². The van der Waals surface area contributed by atoms with Gasteiger partial charge in [0.25, 0.3) is 0 Å². The predicted molar refractivity (Wildman–Crippen MR) is 59.2 cm³/mol. The van der Waals surface area contributed by atoms with Gasteiger partial charge in [-0.15, -0.1) is 0 Å². The number of ether oxygens (including phenoxy) is 1. The number of rotatable bonds is 2. The molecule has 6 nitrogen and oxygen atoms in total. The van der Waals surface area contributed by atoms with Gasteiger partial charge in [-0.05, 0) is 13.8 Å². The quantitative estimate of drug-likeness (QED) is 0.342. The first kappa shape index (κ1) is 17.3. The van der Waals surface area contributed by atoms with Crippen LogP contribution in [-0.4, -0.2) is 86.0 Å². The van der Waals surface area contributed by atoms with E-state index < -0.39 is 36.0 Å². The Morgan fingerprint density at radius 2 is 1.65 bits per heavy atom. The molecule has 1 radical (unpaired) electrons. The molecular weight excluding hydrogens is 239 g/mol. The first-order valence-electron chi connectivity index (χ1n) is 5.24. The van der Waals surface area contributed by atoms with Gasteiger partial charge < -0.3 is 25.2 Å². The molecule has 7 heteroatoms. The van der Waals surface area contributed by atoms with E-state index in [0.717, 1.165) is 0 Å². The zero-order valence-electron chi connectivity index (χ0n) is 10.3. The molecule has 1 aliphatic carbocycles. The van der Waals surface area contributed by atoms with Gasteiger partial charge in [0.05, 0.1) is 18.3 Å². The molecule has 0 aromatic carbocycles. The van der Waals surface area contributed by atoms with Crippen LogP contribution in [0.1, 0.15) is 26.7 Å². The number of hydrogen-bond acceptors (Lipinski definition) is 6. The van der Waals surface area contributed by atoms with E-state index in [0.29, 0.717) is 0 Å². The standard InChI is InChI=1S/C10H18O6.Na/c1-5(2)16-9(14)10(15)3-6(11)8(13)7(12)4-10;/h5-8,11-13,15H,3-4H2,1-2H3;/t6-,7-,8?,10?;/m1./s1. The number of esters is 1. The van der Waals surface area contributed by atoms with E-state index >= 15 is 0 Å². The summed E-state index contributed by atoms with van der Waals surface area (Å²) in [6.07, 6.45) is -5.08. The van der Waals surface area contributed by atoms with E-state index in [1.165, 1.54) is 0 Å². The Bertz CT molecular complexity index is 258. The number of carbonyl (C=O) groups excluding carboxylic acids is 1. The van der Waals surface area contributed by atoms with Gasteiger partial charge in [0.1, 0.15) is 6.10 Å². The zero-order chi connectivity index (χ0) is 12.5. The van der Waals surface area contributed by atoms with Gasteiger partial charge >= 0.3 is 5.97 Å². The fraction of sp³-hybridized carbons (Fsp3) is 0.900. The molecule has 0 aromatic heterocycles. The fourth-order valence-electron chi connectivity index (χ4n) is 1.76. The minimum atomic E-state index is -1.93. The van der Waals surface area contributed by atoms with Crippen molar-refractivity contribution in [1.82, 2.24) is 0 Å². The van der Waals surface area contributed by atoms with E-state index in [1.807, 2.05) is 0 Å². The van der Waals surface area contributed by atoms with E-state index in [9.17, 15) is 25.2 Å². The number of aliphatic hydroxyl groups excluding tert-OH is 3. The molecule has 0 aliphatic heterocycles. The number of carbonyl (C=O) groups is 1. The van der Waals surface area contributed by atoms with Gasteiger partial charge in [0, 0.05) is 42.4 Å². The van der Waals surface area contributed by atoms with Crippen LogP contribution in [0.2, 0.25) is 0 Å². The Kier molecular flexibility index (Phi) is 6.59. The van der Waals surface area contributed by atoms with E-state index in [-0.39, 0.29) is 42.4 Å². The van der Waals surface area contributed by atoms with Gasteiger partial charge in [0.2, 0.25) is 0 Å². The molecule has 0 unspecified atom stereocenters. The smallest absolute Gasteiger partial charge is 0.338 e. The van der Waals surface area contributed by atoms with Crippen molar-refractivity contribution in [2.45, 2.75) is 56.7 Å². The van der Waals surface area contributed by atoms with Crippen LogP contribution >= 0.6 is 0 Å². The zero-order valence-corrected chi connectivity index (χ0v) is 12.3. The van der Waals surface area contributed by atoms with Gasteiger partial charge in [-0.25, -0.2) is 4.79 Å². The molecule has 1 rings (SSSR count). The summed E-state index contributed by atoms with van der Waals surface area (Å²) < 4.78 is 4.83. The normalized spacial score (nSPS) is 37.5. The molecule has 4 N–H and O–H groups in total. The van der Waals surface area contributed by atoms with Crippen LogP contribution in [0.25, 0.3) is 0 Å². The maximum Gasteiger partial charge on any atom is 0.338 e. The summed E-state index contributed by atoms with van der Waals surface area (Å²) in [6, 6.07) is 0. The van der Waals surface area contributed by atoms with Crippen LogP contribution in [-0.2, 0) is 9.53 Å². The van der Waals surface area contributed by atoms with Crippen LogP contribution in [0.5, 0.6) is 0 Å². The number of aliphatic hydroxyl groups is 4. The van der Waals surface area contributed by atoms with Crippen LogP contribution in [0.4, 0.5) is 0 Å². The summed E-state index contributed by atoms with van der Waals surface area (Å²) in [6.45, 7) is 3.26. The molecular formula is C10H18NaO6.